The molecule has 2 heterocycles. The zero-order valence-electron chi connectivity index (χ0n) is 11.3. The second kappa shape index (κ2) is 6.36. The van der Waals surface area contributed by atoms with Gasteiger partial charge in [0.25, 0.3) is 0 Å². The van der Waals surface area contributed by atoms with E-state index in [2.05, 4.69) is 17.9 Å². The summed E-state index contributed by atoms with van der Waals surface area (Å²) in [6.45, 7) is 3.90. The first-order chi connectivity index (χ1) is 8.80. The molecule has 0 aromatic carbocycles. The van der Waals surface area contributed by atoms with E-state index in [0.717, 1.165) is 31.6 Å². The van der Waals surface area contributed by atoms with Gasteiger partial charge in [-0.3, -0.25) is 4.90 Å². The van der Waals surface area contributed by atoms with Gasteiger partial charge in [0.2, 0.25) is 0 Å². The van der Waals surface area contributed by atoms with E-state index in [1.807, 2.05) is 6.07 Å². The Kier molecular flexibility index (Phi) is 4.80. The number of nitrogens with zero attached hydrogens (tertiary/aromatic N) is 1. The van der Waals surface area contributed by atoms with Crippen molar-refractivity contribution in [3.63, 3.8) is 0 Å². The molecule has 102 valence electrons. The molecule has 1 aromatic heterocycles. The lowest BCUT2D eigenvalue weighted by molar-refractivity contribution is -0.00935. The minimum Gasteiger partial charge on any atom is -0.468 e. The van der Waals surface area contributed by atoms with E-state index in [-0.39, 0.29) is 0 Å². The molecule has 1 fully saturated rings. The zero-order valence-corrected chi connectivity index (χ0v) is 11.3. The van der Waals surface area contributed by atoms with Crippen molar-refractivity contribution in [2.24, 2.45) is 5.73 Å². The SMILES string of the molecule is CCC(c1ccco1)N1CCC(OC)CC1CN. The number of hydrogen-bond donors (Lipinski definition) is 1. The molecule has 2 N–H and O–H groups in total. The van der Waals surface area contributed by atoms with Crippen molar-refractivity contribution >= 4 is 0 Å². The Bertz CT molecular complexity index is 340. The summed E-state index contributed by atoms with van der Waals surface area (Å²) in [5.74, 6) is 1.05. The normalized spacial score (nSPS) is 27.3. The van der Waals surface area contributed by atoms with Crippen LogP contribution in [0.25, 0.3) is 0 Å². The van der Waals surface area contributed by atoms with Gasteiger partial charge in [0.1, 0.15) is 5.76 Å². The number of ether oxygens (including phenoxy) is 1. The summed E-state index contributed by atoms with van der Waals surface area (Å²) >= 11 is 0. The summed E-state index contributed by atoms with van der Waals surface area (Å²) in [5, 5.41) is 0. The predicted octanol–water partition coefficient (Wildman–Crippen LogP) is 2.17. The van der Waals surface area contributed by atoms with Crippen LogP contribution in [0, 0.1) is 0 Å². The molecule has 1 aromatic rings. The molecule has 18 heavy (non-hydrogen) atoms. The van der Waals surface area contributed by atoms with Gasteiger partial charge < -0.3 is 14.9 Å². The van der Waals surface area contributed by atoms with Crippen LogP contribution in [-0.2, 0) is 4.74 Å². The number of likely N-dealkylation sites (tertiary alicyclic amines) is 1. The van der Waals surface area contributed by atoms with Gasteiger partial charge in [-0.1, -0.05) is 6.92 Å². The van der Waals surface area contributed by atoms with E-state index in [1.165, 1.54) is 0 Å². The molecule has 4 heteroatoms. The van der Waals surface area contributed by atoms with Crippen molar-refractivity contribution in [2.75, 3.05) is 20.2 Å². The molecule has 2 rings (SSSR count). The quantitative estimate of drug-likeness (QED) is 0.872. The Morgan fingerprint density at radius 1 is 1.61 bits per heavy atom. The number of rotatable bonds is 5. The van der Waals surface area contributed by atoms with E-state index in [9.17, 15) is 0 Å². The maximum Gasteiger partial charge on any atom is 0.120 e. The van der Waals surface area contributed by atoms with E-state index in [1.54, 1.807) is 13.4 Å². The third-order valence-electron chi connectivity index (χ3n) is 3.98. The van der Waals surface area contributed by atoms with Crippen LogP contribution in [0.5, 0.6) is 0 Å². The molecule has 4 nitrogen and oxygen atoms in total. The van der Waals surface area contributed by atoms with Gasteiger partial charge in [-0.15, -0.1) is 0 Å². The highest BCUT2D eigenvalue weighted by molar-refractivity contribution is 5.06. The average molecular weight is 252 g/mol. The first-order valence-corrected chi connectivity index (χ1v) is 6.82. The molecule has 0 bridgehead atoms. The zero-order chi connectivity index (χ0) is 13.0. The molecule has 1 aliphatic heterocycles. The summed E-state index contributed by atoms with van der Waals surface area (Å²) in [5.41, 5.74) is 5.93. The van der Waals surface area contributed by atoms with Crippen LogP contribution < -0.4 is 5.73 Å². The smallest absolute Gasteiger partial charge is 0.120 e. The van der Waals surface area contributed by atoms with E-state index in [4.69, 9.17) is 14.9 Å². The van der Waals surface area contributed by atoms with Crippen molar-refractivity contribution in [3.05, 3.63) is 24.2 Å². The molecular weight excluding hydrogens is 228 g/mol. The Morgan fingerprint density at radius 2 is 2.44 bits per heavy atom. The lowest BCUT2D eigenvalue weighted by Crippen LogP contribution is -2.49. The number of piperidine rings is 1. The van der Waals surface area contributed by atoms with Crippen LogP contribution in [0.2, 0.25) is 0 Å². The third kappa shape index (κ3) is 2.76. The summed E-state index contributed by atoms with van der Waals surface area (Å²) in [6.07, 6.45) is 5.23. The lowest BCUT2D eigenvalue weighted by atomic mass is 9.95. The second-order valence-electron chi connectivity index (χ2n) is 4.95. The Labute approximate surface area is 109 Å². The average Bonchev–Trinajstić information content (AvgIpc) is 2.94. The summed E-state index contributed by atoms with van der Waals surface area (Å²) in [6, 6.07) is 4.74. The van der Waals surface area contributed by atoms with Crippen molar-refractivity contribution in [3.8, 4) is 0 Å². The van der Waals surface area contributed by atoms with Crippen LogP contribution in [0.3, 0.4) is 0 Å². The molecule has 0 radical (unpaired) electrons. The highest BCUT2D eigenvalue weighted by Gasteiger charge is 2.33. The summed E-state index contributed by atoms with van der Waals surface area (Å²) < 4.78 is 11.0. The van der Waals surface area contributed by atoms with Gasteiger partial charge in [0.05, 0.1) is 18.4 Å². The first kappa shape index (κ1) is 13.6. The number of furan rings is 1. The van der Waals surface area contributed by atoms with Gasteiger partial charge in [-0.05, 0) is 31.4 Å². The second-order valence-corrected chi connectivity index (χ2v) is 4.95. The molecule has 3 atom stereocenters. The number of hydrogen-bond acceptors (Lipinski definition) is 4. The van der Waals surface area contributed by atoms with Gasteiger partial charge in [0, 0.05) is 26.2 Å². The van der Waals surface area contributed by atoms with E-state index < -0.39 is 0 Å². The van der Waals surface area contributed by atoms with Crippen molar-refractivity contribution < 1.29 is 9.15 Å². The van der Waals surface area contributed by atoms with Crippen LogP contribution in [-0.4, -0.2) is 37.2 Å². The standard InChI is InChI=1S/C14H24N2O2/c1-3-13(14-5-4-8-18-14)16-7-6-12(17-2)9-11(16)10-15/h4-5,8,11-13H,3,6-7,9-10,15H2,1-2H3. The van der Waals surface area contributed by atoms with Crippen LogP contribution in [0.15, 0.2) is 22.8 Å². The topological polar surface area (TPSA) is 51.6 Å². The summed E-state index contributed by atoms with van der Waals surface area (Å²) in [4.78, 5) is 2.48. The molecule has 0 saturated carbocycles. The van der Waals surface area contributed by atoms with Crippen molar-refractivity contribution in [1.82, 2.24) is 4.90 Å². The maximum atomic E-state index is 5.93. The van der Waals surface area contributed by atoms with Crippen LogP contribution >= 0.6 is 0 Å². The molecule has 0 aliphatic carbocycles. The highest BCUT2D eigenvalue weighted by atomic mass is 16.5. The molecule has 0 spiro atoms. The van der Waals surface area contributed by atoms with Crippen LogP contribution in [0.4, 0.5) is 0 Å². The highest BCUT2D eigenvalue weighted by Crippen LogP contribution is 2.31. The van der Waals surface area contributed by atoms with E-state index in [0.29, 0.717) is 24.7 Å². The third-order valence-corrected chi connectivity index (χ3v) is 3.98. The number of nitrogens with two attached hydrogens (primary N) is 1. The maximum absolute atomic E-state index is 5.93. The molecule has 1 aliphatic rings. The molecule has 0 amide bonds. The van der Waals surface area contributed by atoms with Gasteiger partial charge in [0.15, 0.2) is 0 Å². The van der Waals surface area contributed by atoms with Gasteiger partial charge >= 0.3 is 0 Å². The van der Waals surface area contributed by atoms with E-state index >= 15 is 0 Å². The number of methoxy groups -OCH3 is 1. The van der Waals surface area contributed by atoms with Crippen molar-refractivity contribution in [1.29, 1.82) is 0 Å². The molecule has 1 saturated heterocycles. The summed E-state index contributed by atoms with van der Waals surface area (Å²) in [7, 11) is 1.79. The monoisotopic (exact) mass is 252 g/mol. The Morgan fingerprint density at radius 3 is 3.00 bits per heavy atom. The Balaban J connectivity index is 2.10. The lowest BCUT2D eigenvalue weighted by Gasteiger charge is -2.42. The fourth-order valence-electron chi connectivity index (χ4n) is 2.97. The fraction of sp³-hybridized carbons (Fsp3) is 0.714. The van der Waals surface area contributed by atoms with Gasteiger partial charge in [-0.25, -0.2) is 0 Å². The molecule has 3 unspecified atom stereocenters. The van der Waals surface area contributed by atoms with Crippen LogP contribution in [0.1, 0.15) is 38.0 Å². The first-order valence-electron chi connectivity index (χ1n) is 6.82. The Hall–Kier alpha value is -0.840. The predicted molar refractivity (Wildman–Crippen MR) is 71.3 cm³/mol. The van der Waals surface area contributed by atoms with Crippen molar-refractivity contribution in [2.45, 2.75) is 44.4 Å². The van der Waals surface area contributed by atoms with Gasteiger partial charge in [-0.2, -0.15) is 0 Å². The minimum atomic E-state index is 0.339. The molecular formula is C14H24N2O2. The largest absolute Gasteiger partial charge is 0.468 e. The minimum absolute atomic E-state index is 0.339. The fourth-order valence-corrected chi connectivity index (χ4v) is 2.97.